The van der Waals surface area contributed by atoms with Crippen LogP contribution in [-0.4, -0.2) is 18.4 Å². The molecule has 3 nitrogen and oxygen atoms in total. The fourth-order valence-corrected chi connectivity index (χ4v) is 2.11. The van der Waals surface area contributed by atoms with Crippen molar-refractivity contribution in [2.45, 2.75) is 47.5 Å². The Hall–Kier alpha value is -1.12. The number of carbonyl (C=O) groups excluding carboxylic acids is 2. The maximum Gasteiger partial charge on any atom is 0.309 e. The molecule has 1 rings (SSSR count). The summed E-state index contributed by atoms with van der Waals surface area (Å²) >= 11 is 0. The molecule has 2 atom stereocenters. The molecular weight excluding hydrogens is 228 g/mol. The lowest BCUT2D eigenvalue weighted by atomic mass is 9.66. The molecule has 0 aromatic heterocycles. The van der Waals surface area contributed by atoms with Crippen LogP contribution in [0.1, 0.15) is 47.5 Å². The zero-order valence-electron chi connectivity index (χ0n) is 12.1. The van der Waals surface area contributed by atoms with E-state index in [-0.39, 0.29) is 29.7 Å². The van der Waals surface area contributed by atoms with E-state index in [9.17, 15) is 9.59 Å². The van der Waals surface area contributed by atoms with Crippen LogP contribution in [0.2, 0.25) is 0 Å². The molecule has 0 fully saturated rings. The molecule has 0 aromatic carbocycles. The van der Waals surface area contributed by atoms with Crippen molar-refractivity contribution in [3.63, 3.8) is 0 Å². The number of ketones is 1. The average molecular weight is 252 g/mol. The van der Waals surface area contributed by atoms with Crippen molar-refractivity contribution in [2.24, 2.45) is 16.7 Å². The van der Waals surface area contributed by atoms with Gasteiger partial charge in [0.1, 0.15) is 0 Å². The van der Waals surface area contributed by atoms with Crippen LogP contribution in [0.3, 0.4) is 0 Å². The Balaban J connectivity index is 2.60. The summed E-state index contributed by atoms with van der Waals surface area (Å²) in [6, 6.07) is 0. The van der Waals surface area contributed by atoms with E-state index in [1.165, 1.54) is 0 Å². The van der Waals surface area contributed by atoms with Gasteiger partial charge in [-0.05, 0) is 18.3 Å². The summed E-state index contributed by atoms with van der Waals surface area (Å²) in [5.41, 5.74) is -0.629. The van der Waals surface area contributed by atoms with Gasteiger partial charge in [-0.1, -0.05) is 46.8 Å². The molecule has 0 aliphatic heterocycles. The molecule has 0 spiro atoms. The molecule has 1 aliphatic rings. The highest BCUT2D eigenvalue weighted by atomic mass is 16.5. The number of Topliss-reactive ketones (excluding diaryl/α,β-unsaturated/α-hetero) is 1. The summed E-state index contributed by atoms with van der Waals surface area (Å²) in [5.74, 6) is -0.410. The van der Waals surface area contributed by atoms with Crippen LogP contribution in [0.4, 0.5) is 0 Å². The Morgan fingerprint density at radius 3 is 2.39 bits per heavy atom. The van der Waals surface area contributed by atoms with Crippen molar-refractivity contribution >= 4 is 11.8 Å². The summed E-state index contributed by atoms with van der Waals surface area (Å²) in [5, 5.41) is 0. The van der Waals surface area contributed by atoms with E-state index in [1.54, 1.807) is 0 Å². The third-order valence-corrected chi connectivity index (χ3v) is 4.46. The minimum atomic E-state index is -0.456. The van der Waals surface area contributed by atoms with E-state index < -0.39 is 5.41 Å². The van der Waals surface area contributed by atoms with Crippen LogP contribution < -0.4 is 0 Å². The van der Waals surface area contributed by atoms with Crippen molar-refractivity contribution in [3.8, 4) is 0 Å². The Morgan fingerprint density at radius 1 is 1.33 bits per heavy atom. The maximum atomic E-state index is 12.3. The van der Waals surface area contributed by atoms with Gasteiger partial charge in [-0.25, -0.2) is 0 Å². The molecule has 0 aromatic rings. The zero-order chi connectivity index (χ0) is 14.0. The van der Waals surface area contributed by atoms with E-state index in [2.05, 4.69) is 6.08 Å². The molecule has 0 amide bonds. The van der Waals surface area contributed by atoms with Gasteiger partial charge in [0, 0.05) is 5.41 Å². The molecule has 3 heteroatoms. The standard InChI is InChI=1S/C15H24O3/c1-6-11(2)13(17)18-10-12(16)15(5)9-7-8-14(15,3)4/h7-8,11H,6,9-10H2,1-5H3/t11-,15+/m1/s1. The second-order valence-electron chi connectivity index (χ2n) is 6.00. The van der Waals surface area contributed by atoms with Crippen LogP contribution in [0, 0.1) is 16.7 Å². The van der Waals surface area contributed by atoms with Gasteiger partial charge in [-0.15, -0.1) is 0 Å². The third kappa shape index (κ3) is 2.65. The fraction of sp³-hybridized carbons (Fsp3) is 0.733. The Kier molecular flexibility index (Phi) is 4.36. The maximum absolute atomic E-state index is 12.3. The molecule has 0 unspecified atom stereocenters. The number of ether oxygens (including phenoxy) is 1. The van der Waals surface area contributed by atoms with Gasteiger partial charge in [0.25, 0.3) is 0 Å². The molecule has 18 heavy (non-hydrogen) atoms. The van der Waals surface area contributed by atoms with Crippen molar-refractivity contribution in [1.29, 1.82) is 0 Å². The monoisotopic (exact) mass is 252 g/mol. The molecule has 102 valence electrons. The van der Waals surface area contributed by atoms with Crippen molar-refractivity contribution < 1.29 is 14.3 Å². The summed E-state index contributed by atoms with van der Waals surface area (Å²) < 4.78 is 5.11. The first-order chi connectivity index (χ1) is 8.24. The fourth-order valence-electron chi connectivity index (χ4n) is 2.11. The molecular formula is C15H24O3. The van der Waals surface area contributed by atoms with Crippen molar-refractivity contribution in [2.75, 3.05) is 6.61 Å². The van der Waals surface area contributed by atoms with E-state index in [4.69, 9.17) is 4.74 Å². The third-order valence-electron chi connectivity index (χ3n) is 4.46. The Morgan fingerprint density at radius 2 is 1.94 bits per heavy atom. The first-order valence-corrected chi connectivity index (χ1v) is 6.62. The van der Waals surface area contributed by atoms with Crippen molar-refractivity contribution in [3.05, 3.63) is 12.2 Å². The summed E-state index contributed by atoms with van der Waals surface area (Å²) in [6.45, 7) is 9.68. The zero-order valence-corrected chi connectivity index (χ0v) is 12.1. The van der Waals surface area contributed by atoms with E-state index >= 15 is 0 Å². The van der Waals surface area contributed by atoms with Gasteiger partial charge < -0.3 is 4.74 Å². The van der Waals surface area contributed by atoms with Gasteiger partial charge in [0.2, 0.25) is 0 Å². The summed E-state index contributed by atoms with van der Waals surface area (Å²) in [7, 11) is 0. The highest BCUT2D eigenvalue weighted by molar-refractivity contribution is 5.89. The number of hydrogen-bond donors (Lipinski definition) is 0. The van der Waals surface area contributed by atoms with Crippen LogP contribution >= 0.6 is 0 Å². The number of carbonyl (C=O) groups is 2. The number of allylic oxidation sites excluding steroid dienone is 2. The number of esters is 1. The molecule has 0 bridgehead atoms. The van der Waals surface area contributed by atoms with Gasteiger partial charge in [0.15, 0.2) is 12.4 Å². The van der Waals surface area contributed by atoms with E-state index in [1.807, 2.05) is 40.7 Å². The SMILES string of the molecule is CC[C@@H](C)C(=O)OCC(=O)[C@]1(C)CC=CC1(C)C. The molecule has 0 saturated carbocycles. The van der Waals surface area contributed by atoms with Crippen LogP contribution in [-0.2, 0) is 14.3 Å². The van der Waals surface area contributed by atoms with Gasteiger partial charge in [-0.2, -0.15) is 0 Å². The predicted octanol–water partition coefficient (Wildman–Crippen LogP) is 3.14. The van der Waals surface area contributed by atoms with Crippen LogP contribution in [0.25, 0.3) is 0 Å². The number of rotatable bonds is 5. The lowest BCUT2D eigenvalue weighted by molar-refractivity contribution is -0.155. The first-order valence-electron chi connectivity index (χ1n) is 6.62. The summed E-state index contributed by atoms with van der Waals surface area (Å²) in [4.78, 5) is 23.8. The lowest BCUT2D eigenvalue weighted by Crippen LogP contribution is -2.40. The predicted molar refractivity (Wildman–Crippen MR) is 71.1 cm³/mol. The first kappa shape index (κ1) is 14.9. The molecule has 0 saturated heterocycles. The normalized spacial score (nSPS) is 26.9. The second-order valence-corrected chi connectivity index (χ2v) is 6.00. The topological polar surface area (TPSA) is 43.4 Å². The van der Waals surface area contributed by atoms with Gasteiger partial charge in [0.05, 0.1) is 5.92 Å². The molecule has 0 N–H and O–H groups in total. The van der Waals surface area contributed by atoms with Gasteiger partial charge in [-0.3, -0.25) is 9.59 Å². The Labute approximate surface area is 110 Å². The van der Waals surface area contributed by atoms with E-state index in [0.29, 0.717) is 0 Å². The van der Waals surface area contributed by atoms with Crippen LogP contribution in [0.5, 0.6) is 0 Å². The minimum Gasteiger partial charge on any atom is -0.457 e. The Bertz CT molecular complexity index is 368. The smallest absolute Gasteiger partial charge is 0.309 e. The summed E-state index contributed by atoms with van der Waals surface area (Å²) in [6.07, 6.45) is 5.56. The van der Waals surface area contributed by atoms with Crippen LogP contribution in [0.15, 0.2) is 12.2 Å². The molecule has 0 heterocycles. The van der Waals surface area contributed by atoms with Gasteiger partial charge >= 0.3 is 5.97 Å². The largest absolute Gasteiger partial charge is 0.457 e. The highest BCUT2D eigenvalue weighted by Crippen LogP contribution is 2.48. The second kappa shape index (κ2) is 5.25. The van der Waals surface area contributed by atoms with E-state index in [0.717, 1.165) is 12.8 Å². The number of hydrogen-bond acceptors (Lipinski definition) is 3. The van der Waals surface area contributed by atoms with Crippen molar-refractivity contribution in [1.82, 2.24) is 0 Å². The molecule has 1 aliphatic carbocycles. The lowest BCUT2D eigenvalue weighted by Gasteiger charge is -2.36. The average Bonchev–Trinajstić information content (AvgIpc) is 2.60. The minimum absolute atomic E-state index is 0.00848. The molecule has 0 radical (unpaired) electrons. The highest BCUT2D eigenvalue weighted by Gasteiger charge is 2.47. The quantitative estimate of drug-likeness (QED) is 0.557.